The Morgan fingerprint density at radius 3 is 2.53 bits per heavy atom. The third-order valence-corrected chi connectivity index (χ3v) is 3.76. The van der Waals surface area contributed by atoms with Crippen LogP contribution in [0, 0.1) is 12.3 Å². The van der Waals surface area contributed by atoms with Gasteiger partial charge in [0.05, 0.1) is 0 Å². The van der Waals surface area contributed by atoms with E-state index in [0.29, 0.717) is 12.0 Å². The number of aromatic nitrogens is 1. The molecule has 94 valence electrons. The van der Waals surface area contributed by atoms with E-state index in [4.69, 9.17) is 5.73 Å². The second-order valence-corrected chi connectivity index (χ2v) is 5.84. The molecule has 1 aliphatic heterocycles. The van der Waals surface area contributed by atoms with Crippen LogP contribution in [0.1, 0.15) is 37.8 Å². The van der Waals surface area contributed by atoms with Crippen molar-refractivity contribution in [1.82, 2.24) is 4.98 Å². The number of aryl methyl sites for hydroxylation is 1. The first-order chi connectivity index (χ1) is 8.02. The van der Waals surface area contributed by atoms with Gasteiger partial charge in [-0.1, -0.05) is 13.8 Å². The molecule has 2 rings (SSSR count). The van der Waals surface area contributed by atoms with E-state index in [2.05, 4.69) is 36.7 Å². The molecule has 1 aromatic rings. The standard InChI is InChI=1S/C14H23N3/c1-11-8-12(9-15)10-16-13(11)17-6-4-14(2,3)5-7-17/h8,10H,4-7,9,15H2,1-3H3. The minimum atomic E-state index is 0.488. The van der Waals surface area contributed by atoms with Crippen LogP contribution in [0.25, 0.3) is 0 Å². The molecule has 0 amide bonds. The topological polar surface area (TPSA) is 42.1 Å². The van der Waals surface area contributed by atoms with Crippen molar-refractivity contribution in [3.05, 3.63) is 23.4 Å². The van der Waals surface area contributed by atoms with Gasteiger partial charge in [0.1, 0.15) is 5.82 Å². The van der Waals surface area contributed by atoms with Crippen molar-refractivity contribution in [2.24, 2.45) is 11.1 Å². The van der Waals surface area contributed by atoms with Crippen LogP contribution in [0.5, 0.6) is 0 Å². The summed E-state index contributed by atoms with van der Waals surface area (Å²) in [4.78, 5) is 6.97. The molecule has 0 aliphatic carbocycles. The zero-order valence-corrected chi connectivity index (χ0v) is 11.2. The van der Waals surface area contributed by atoms with Gasteiger partial charge in [-0.25, -0.2) is 4.98 Å². The second-order valence-electron chi connectivity index (χ2n) is 5.84. The summed E-state index contributed by atoms with van der Waals surface area (Å²) in [5.41, 5.74) is 8.47. The van der Waals surface area contributed by atoms with Crippen LogP contribution in [0.2, 0.25) is 0 Å². The summed E-state index contributed by atoms with van der Waals surface area (Å²) in [5, 5.41) is 0. The Kier molecular flexibility index (Phi) is 3.38. The van der Waals surface area contributed by atoms with Crippen LogP contribution in [-0.4, -0.2) is 18.1 Å². The number of anilines is 1. The number of nitrogens with zero attached hydrogens (tertiary/aromatic N) is 2. The van der Waals surface area contributed by atoms with E-state index in [9.17, 15) is 0 Å². The van der Waals surface area contributed by atoms with Gasteiger partial charge < -0.3 is 10.6 Å². The number of nitrogens with two attached hydrogens (primary N) is 1. The molecule has 1 saturated heterocycles. The summed E-state index contributed by atoms with van der Waals surface area (Å²) in [5.74, 6) is 1.14. The Bertz CT molecular complexity index is 388. The molecule has 1 fully saturated rings. The van der Waals surface area contributed by atoms with Gasteiger partial charge in [-0.05, 0) is 42.4 Å². The van der Waals surface area contributed by atoms with Crippen LogP contribution in [0.3, 0.4) is 0 Å². The van der Waals surface area contributed by atoms with Gasteiger partial charge in [0.15, 0.2) is 0 Å². The van der Waals surface area contributed by atoms with Gasteiger partial charge in [-0.15, -0.1) is 0 Å². The van der Waals surface area contributed by atoms with E-state index < -0.39 is 0 Å². The molecule has 0 atom stereocenters. The monoisotopic (exact) mass is 233 g/mol. The van der Waals surface area contributed by atoms with Crippen LogP contribution < -0.4 is 10.6 Å². The normalized spacial score (nSPS) is 19.4. The number of rotatable bonds is 2. The molecule has 0 radical (unpaired) electrons. The summed E-state index contributed by atoms with van der Waals surface area (Å²) in [7, 11) is 0. The molecule has 0 aromatic carbocycles. The first kappa shape index (κ1) is 12.4. The Hall–Kier alpha value is -1.09. The maximum absolute atomic E-state index is 5.63. The molecule has 0 unspecified atom stereocenters. The lowest BCUT2D eigenvalue weighted by Crippen LogP contribution is -2.38. The highest BCUT2D eigenvalue weighted by molar-refractivity contribution is 5.47. The fourth-order valence-corrected chi connectivity index (χ4v) is 2.39. The van der Waals surface area contributed by atoms with Crippen LogP contribution >= 0.6 is 0 Å². The van der Waals surface area contributed by atoms with Crippen molar-refractivity contribution >= 4 is 5.82 Å². The van der Waals surface area contributed by atoms with Crippen LogP contribution in [0.4, 0.5) is 5.82 Å². The highest BCUT2D eigenvalue weighted by atomic mass is 15.2. The fraction of sp³-hybridized carbons (Fsp3) is 0.643. The van der Waals surface area contributed by atoms with Crippen molar-refractivity contribution in [2.75, 3.05) is 18.0 Å². The Morgan fingerprint density at radius 2 is 2.00 bits per heavy atom. The van der Waals surface area contributed by atoms with Gasteiger partial charge in [-0.3, -0.25) is 0 Å². The van der Waals surface area contributed by atoms with E-state index in [1.165, 1.54) is 18.4 Å². The van der Waals surface area contributed by atoms with Crippen molar-refractivity contribution in [2.45, 2.75) is 40.2 Å². The summed E-state index contributed by atoms with van der Waals surface area (Å²) < 4.78 is 0. The lowest BCUT2D eigenvalue weighted by Gasteiger charge is -2.38. The van der Waals surface area contributed by atoms with Crippen molar-refractivity contribution in [3.63, 3.8) is 0 Å². The number of piperidine rings is 1. The third-order valence-electron chi connectivity index (χ3n) is 3.76. The van der Waals surface area contributed by atoms with E-state index in [1.54, 1.807) is 0 Å². The fourth-order valence-electron chi connectivity index (χ4n) is 2.39. The molecule has 1 aliphatic rings. The Balaban J connectivity index is 2.13. The first-order valence-corrected chi connectivity index (χ1v) is 6.42. The molecule has 2 heterocycles. The van der Waals surface area contributed by atoms with E-state index in [1.807, 2.05) is 6.20 Å². The molecule has 17 heavy (non-hydrogen) atoms. The first-order valence-electron chi connectivity index (χ1n) is 6.42. The second kappa shape index (κ2) is 4.65. The summed E-state index contributed by atoms with van der Waals surface area (Å²) in [6.07, 6.45) is 4.39. The highest BCUT2D eigenvalue weighted by Crippen LogP contribution is 2.32. The Morgan fingerprint density at radius 1 is 1.35 bits per heavy atom. The average Bonchev–Trinajstić information content (AvgIpc) is 2.29. The molecular weight excluding hydrogens is 210 g/mol. The van der Waals surface area contributed by atoms with E-state index >= 15 is 0 Å². The molecular formula is C14H23N3. The minimum absolute atomic E-state index is 0.488. The zero-order chi connectivity index (χ0) is 12.5. The minimum Gasteiger partial charge on any atom is -0.356 e. The predicted octanol–water partition coefficient (Wildman–Crippen LogP) is 2.48. The van der Waals surface area contributed by atoms with Gasteiger partial charge >= 0.3 is 0 Å². The molecule has 1 aromatic heterocycles. The van der Waals surface area contributed by atoms with Gasteiger partial charge in [0.25, 0.3) is 0 Å². The largest absolute Gasteiger partial charge is 0.356 e. The molecule has 0 spiro atoms. The maximum atomic E-state index is 5.63. The number of pyridine rings is 1. The van der Waals surface area contributed by atoms with E-state index in [0.717, 1.165) is 24.5 Å². The Labute approximate surface area is 104 Å². The molecule has 3 nitrogen and oxygen atoms in total. The summed E-state index contributed by atoms with van der Waals surface area (Å²) in [6, 6.07) is 2.15. The SMILES string of the molecule is Cc1cc(CN)cnc1N1CCC(C)(C)CC1. The predicted molar refractivity (Wildman–Crippen MR) is 72.1 cm³/mol. The highest BCUT2D eigenvalue weighted by Gasteiger charge is 2.26. The molecule has 2 N–H and O–H groups in total. The van der Waals surface area contributed by atoms with Crippen molar-refractivity contribution < 1.29 is 0 Å². The molecule has 0 saturated carbocycles. The number of hydrogen-bond donors (Lipinski definition) is 1. The van der Waals surface area contributed by atoms with Crippen LogP contribution in [-0.2, 0) is 6.54 Å². The van der Waals surface area contributed by atoms with Crippen molar-refractivity contribution in [1.29, 1.82) is 0 Å². The van der Waals surface area contributed by atoms with Crippen LogP contribution in [0.15, 0.2) is 12.3 Å². The smallest absolute Gasteiger partial charge is 0.131 e. The number of hydrogen-bond acceptors (Lipinski definition) is 3. The summed E-state index contributed by atoms with van der Waals surface area (Å²) >= 11 is 0. The van der Waals surface area contributed by atoms with Gasteiger partial charge in [0, 0.05) is 25.8 Å². The average molecular weight is 233 g/mol. The lowest BCUT2D eigenvalue weighted by molar-refractivity contribution is 0.279. The lowest BCUT2D eigenvalue weighted by atomic mass is 9.82. The quantitative estimate of drug-likeness (QED) is 0.853. The zero-order valence-electron chi connectivity index (χ0n) is 11.2. The molecule has 3 heteroatoms. The summed E-state index contributed by atoms with van der Waals surface area (Å²) in [6.45, 7) is 9.62. The van der Waals surface area contributed by atoms with Gasteiger partial charge in [-0.2, -0.15) is 0 Å². The third kappa shape index (κ3) is 2.78. The molecule has 0 bridgehead atoms. The van der Waals surface area contributed by atoms with Gasteiger partial charge in [0.2, 0.25) is 0 Å². The maximum Gasteiger partial charge on any atom is 0.131 e. The van der Waals surface area contributed by atoms with Crippen molar-refractivity contribution in [3.8, 4) is 0 Å². The van der Waals surface area contributed by atoms with E-state index in [-0.39, 0.29) is 0 Å².